The van der Waals surface area contributed by atoms with E-state index in [0.29, 0.717) is 6.04 Å². The first kappa shape index (κ1) is 13.0. The number of rotatable bonds is 6. The Labute approximate surface area is 99.7 Å². The lowest BCUT2D eigenvalue weighted by Gasteiger charge is -2.29. The number of likely N-dealkylation sites (N-methyl/N-ethyl adjacent to an activating group) is 2. The van der Waals surface area contributed by atoms with Crippen LogP contribution in [0, 0.1) is 6.92 Å². The molecule has 16 heavy (non-hydrogen) atoms. The topological polar surface area (TPSA) is 15.3 Å². The molecule has 1 rings (SSSR count). The second-order valence-electron chi connectivity index (χ2n) is 4.32. The molecule has 0 aliphatic carbocycles. The van der Waals surface area contributed by atoms with E-state index in [2.05, 4.69) is 62.3 Å². The molecule has 1 aromatic carbocycles. The molecule has 2 heteroatoms. The summed E-state index contributed by atoms with van der Waals surface area (Å²) in [6.45, 7) is 8.61. The zero-order chi connectivity index (χ0) is 12.0. The minimum absolute atomic E-state index is 0.572. The number of hydrogen-bond donors (Lipinski definition) is 1. The van der Waals surface area contributed by atoms with Gasteiger partial charge in [-0.15, -0.1) is 0 Å². The van der Waals surface area contributed by atoms with E-state index < -0.39 is 0 Å². The molecule has 0 heterocycles. The summed E-state index contributed by atoms with van der Waals surface area (Å²) < 4.78 is 0. The van der Waals surface area contributed by atoms with Gasteiger partial charge in [0.25, 0.3) is 0 Å². The Hall–Kier alpha value is -1.02. The van der Waals surface area contributed by atoms with E-state index in [9.17, 15) is 0 Å². The van der Waals surface area contributed by atoms with Crippen molar-refractivity contribution in [3.8, 4) is 0 Å². The average Bonchev–Trinajstić information content (AvgIpc) is 2.30. The highest BCUT2D eigenvalue weighted by Gasteiger charge is 2.12. The highest BCUT2D eigenvalue weighted by atomic mass is 15.2. The molecule has 1 unspecified atom stereocenters. The highest BCUT2D eigenvalue weighted by molar-refractivity contribution is 5.47. The molecule has 1 aromatic rings. The number of hydrogen-bond acceptors (Lipinski definition) is 2. The van der Waals surface area contributed by atoms with Crippen molar-refractivity contribution in [3.63, 3.8) is 0 Å². The van der Waals surface area contributed by atoms with Crippen molar-refractivity contribution in [2.24, 2.45) is 0 Å². The van der Waals surface area contributed by atoms with Gasteiger partial charge in [0.15, 0.2) is 0 Å². The van der Waals surface area contributed by atoms with E-state index in [1.54, 1.807) is 0 Å². The van der Waals surface area contributed by atoms with Crippen LogP contribution in [0.25, 0.3) is 0 Å². The largest absolute Gasteiger partial charge is 0.370 e. The van der Waals surface area contributed by atoms with Gasteiger partial charge in [0, 0.05) is 25.3 Å². The van der Waals surface area contributed by atoms with E-state index in [-0.39, 0.29) is 0 Å². The van der Waals surface area contributed by atoms with Crippen LogP contribution in [0.3, 0.4) is 0 Å². The van der Waals surface area contributed by atoms with E-state index in [1.165, 1.54) is 11.3 Å². The Bertz CT molecular complexity index is 292. The SMILES string of the molecule is CCNCC(CC)N(C)c1ccc(C)cc1. The van der Waals surface area contributed by atoms with Gasteiger partial charge in [0.05, 0.1) is 0 Å². The van der Waals surface area contributed by atoms with E-state index in [0.717, 1.165) is 19.5 Å². The molecule has 0 spiro atoms. The number of nitrogens with one attached hydrogen (secondary N) is 1. The summed E-state index contributed by atoms with van der Waals surface area (Å²) in [5.41, 5.74) is 2.62. The molecular formula is C14H24N2. The zero-order valence-electron chi connectivity index (χ0n) is 11.0. The fourth-order valence-corrected chi connectivity index (χ4v) is 1.86. The van der Waals surface area contributed by atoms with E-state index >= 15 is 0 Å². The molecule has 0 bridgehead atoms. The molecule has 1 N–H and O–H groups in total. The van der Waals surface area contributed by atoms with Gasteiger partial charge in [0.1, 0.15) is 0 Å². The van der Waals surface area contributed by atoms with Gasteiger partial charge in [-0.3, -0.25) is 0 Å². The molecular weight excluding hydrogens is 196 g/mol. The summed E-state index contributed by atoms with van der Waals surface area (Å²) in [6, 6.07) is 9.31. The maximum absolute atomic E-state index is 3.42. The number of aryl methyl sites for hydroxylation is 1. The predicted octanol–water partition coefficient (Wildman–Crippen LogP) is 2.82. The van der Waals surface area contributed by atoms with Crippen molar-refractivity contribution in [2.75, 3.05) is 25.0 Å². The third-order valence-electron chi connectivity index (χ3n) is 3.09. The van der Waals surface area contributed by atoms with Crippen LogP contribution in [0.2, 0.25) is 0 Å². The van der Waals surface area contributed by atoms with Crippen molar-refractivity contribution in [1.82, 2.24) is 5.32 Å². The summed E-state index contributed by atoms with van der Waals surface area (Å²) in [7, 11) is 2.18. The summed E-state index contributed by atoms with van der Waals surface area (Å²) >= 11 is 0. The van der Waals surface area contributed by atoms with Crippen molar-refractivity contribution in [2.45, 2.75) is 33.2 Å². The zero-order valence-corrected chi connectivity index (χ0v) is 11.0. The molecule has 0 saturated heterocycles. The maximum atomic E-state index is 3.42. The Morgan fingerprint density at radius 3 is 2.31 bits per heavy atom. The third kappa shape index (κ3) is 3.53. The number of nitrogens with zero attached hydrogens (tertiary/aromatic N) is 1. The summed E-state index contributed by atoms with van der Waals surface area (Å²) in [5, 5.41) is 3.42. The smallest absolute Gasteiger partial charge is 0.0408 e. The average molecular weight is 220 g/mol. The fourth-order valence-electron chi connectivity index (χ4n) is 1.86. The van der Waals surface area contributed by atoms with Gasteiger partial charge in [-0.05, 0) is 32.0 Å². The van der Waals surface area contributed by atoms with Crippen LogP contribution in [0.4, 0.5) is 5.69 Å². The van der Waals surface area contributed by atoms with Crippen LogP contribution in [0.15, 0.2) is 24.3 Å². The molecule has 0 fully saturated rings. The van der Waals surface area contributed by atoms with E-state index in [4.69, 9.17) is 0 Å². The summed E-state index contributed by atoms with van der Waals surface area (Å²) in [6.07, 6.45) is 1.16. The van der Waals surface area contributed by atoms with Gasteiger partial charge >= 0.3 is 0 Å². The molecule has 2 nitrogen and oxygen atoms in total. The predicted molar refractivity (Wildman–Crippen MR) is 72.2 cm³/mol. The second-order valence-corrected chi connectivity index (χ2v) is 4.32. The molecule has 0 radical (unpaired) electrons. The first-order chi connectivity index (χ1) is 7.69. The van der Waals surface area contributed by atoms with Crippen molar-refractivity contribution in [3.05, 3.63) is 29.8 Å². The minimum Gasteiger partial charge on any atom is -0.370 e. The maximum Gasteiger partial charge on any atom is 0.0408 e. The lowest BCUT2D eigenvalue weighted by atomic mass is 10.1. The van der Waals surface area contributed by atoms with Gasteiger partial charge in [0.2, 0.25) is 0 Å². The second kappa shape index (κ2) is 6.54. The van der Waals surface area contributed by atoms with Crippen LogP contribution in [0.5, 0.6) is 0 Å². The van der Waals surface area contributed by atoms with Crippen LogP contribution in [0.1, 0.15) is 25.8 Å². The minimum atomic E-state index is 0.572. The monoisotopic (exact) mass is 220 g/mol. The first-order valence-electron chi connectivity index (χ1n) is 6.19. The summed E-state index contributed by atoms with van der Waals surface area (Å²) in [5.74, 6) is 0. The number of anilines is 1. The first-order valence-corrected chi connectivity index (χ1v) is 6.19. The molecule has 1 atom stereocenters. The van der Waals surface area contributed by atoms with Crippen LogP contribution < -0.4 is 10.2 Å². The molecule has 0 amide bonds. The highest BCUT2D eigenvalue weighted by Crippen LogP contribution is 2.17. The summed E-state index contributed by atoms with van der Waals surface area (Å²) in [4.78, 5) is 2.36. The van der Waals surface area contributed by atoms with Crippen molar-refractivity contribution in [1.29, 1.82) is 0 Å². The Balaban J connectivity index is 2.66. The lowest BCUT2D eigenvalue weighted by Crippen LogP contribution is -2.39. The van der Waals surface area contributed by atoms with Crippen molar-refractivity contribution >= 4 is 5.69 Å². The molecule has 0 saturated carbocycles. The van der Waals surface area contributed by atoms with Gasteiger partial charge in [-0.25, -0.2) is 0 Å². The van der Waals surface area contributed by atoms with Gasteiger partial charge in [-0.2, -0.15) is 0 Å². The third-order valence-corrected chi connectivity index (χ3v) is 3.09. The quantitative estimate of drug-likeness (QED) is 0.793. The Kier molecular flexibility index (Phi) is 5.33. The fraction of sp³-hybridized carbons (Fsp3) is 0.571. The number of benzene rings is 1. The van der Waals surface area contributed by atoms with Crippen LogP contribution in [-0.4, -0.2) is 26.2 Å². The molecule has 0 aliphatic rings. The molecule has 0 aromatic heterocycles. The lowest BCUT2D eigenvalue weighted by molar-refractivity contribution is 0.551. The van der Waals surface area contributed by atoms with Crippen molar-refractivity contribution < 1.29 is 0 Å². The van der Waals surface area contributed by atoms with Crippen LogP contribution >= 0.6 is 0 Å². The standard InChI is InChI=1S/C14H24N2/c1-5-13(11-15-6-2)16(4)14-9-7-12(3)8-10-14/h7-10,13,15H,5-6,11H2,1-4H3. The molecule has 0 aliphatic heterocycles. The van der Waals surface area contributed by atoms with E-state index in [1.807, 2.05) is 0 Å². The van der Waals surface area contributed by atoms with Gasteiger partial charge in [-0.1, -0.05) is 31.5 Å². The van der Waals surface area contributed by atoms with Gasteiger partial charge < -0.3 is 10.2 Å². The molecule has 90 valence electrons. The Morgan fingerprint density at radius 2 is 1.81 bits per heavy atom. The Morgan fingerprint density at radius 1 is 1.19 bits per heavy atom. The normalized spacial score (nSPS) is 12.5. The van der Waals surface area contributed by atoms with Crippen LogP contribution in [-0.2, 0) is 0 Å².